The summed E-state index contributed by atoms with van der Waals surface area (Å²) in [5, 5.41) is 0. The molecule has 2 aromatic rings. The third-order valence-electron chi connectivity index (χ3n) is 3.60. The number of benzene rings is 1. The van der Waals surface area contributed by atoms with Crippen LogP contribution in [0.2, 0.25) is 0 Å². The third-order valence-corrected chi connectivity index (χ3v) is 3.60. The molecule has 0 amide bonds. The van der Waals surface area contributed by atoms with Crippen molar-refractivity contribution in [1.82, 2.24) is 9.97 Å². The molecule has 1 aliphatic heterocycles. The van der Waals surface area contributed by atoms with Crippen LogP contribution in [0, 0.1) is 0 Å². The van der Waals surface area contributed by atoms with Crippen LogP contribution in [-0.4, -0.2) is 23.1 Å². The Balaban J connectivity index is 1.79. The number of aromatic nitrogens is 2. The highest BCUT2D eigenvalue weighted by molar-refractivity contribution is 5.48. The number of hydrogen-bond acceptors (Lipinski definition) is 5. The van der Waals surface area contributed by atoms with Crippen molar-refractivity contribution < 1.29 is 4.74 Å². The van der Waals surface area contributed by atoms with Crippen LogP contribution in [0.3, 0.4) is 0 Å². The van der Waals surface area contributed by atoms with E-state index in [4.69, 9.17) is 10.5 Å². The maximum absolute atomic E-state index is 5.88. The standard InChI is InChI=1S/C16H20N4O/c1-2-9-21-15-5-7-18-16(19-15)20-8-6-12-3-4-14(17)10-13(12)11-20/h3-5,7,10H,2,6,8-9,11,17H2,1H3. The fourth-order valence-electron chi connectivity index (χ4n) is 2.52. The van der Waals surface area contributed by atoms with Gasteiger partial charge < -0.3 is 15.4 Å². The van der Waals surface area contributed by atoms with Crippen molar-refractivity contribution in [1.29, 1.82) is 0 Å². The Morgan fingerprint density at radius 1 is 1.29 bits per heavy atom. The van der Waals surface area contributed by atoms with Crippen molar-refractivity contribution in [2.45, 2.75) is 26.3 Å². The predicted molar refractivity (Wildman–Crippen MR) is 83.4 cm³/mol. The van der Waals surface area contributed by atoms with E-state index in [9.17, 15) is 0 Å². The monoisotopic (exact) mass is 284 g/mol. The lowest BCUT2D eigenvalue weighted by molar-refractivity contribution is 0.304. The summed E-state index contributed by atoms with van der Waals surface area (Å²) in [6, 6.07) is 7.92. The Kier molecular flexibility index (Phi) is 3.90. The number of fused-ring (bicyclic) bond motifs is 1. The molecule has 5 heteroatoms. The normalized spacial score (nSPS) is 13.9. The first-order valence-electron chi connectivity index (χ1n) is 7.34. The molecule has 0 saturated heterocycles. The fourth-order valence-corrected chi connectivity index (χ4v) is 2.52. The van der Waals surface area contributed by atoms with E-state index < -0.39 is 0 Å². The summed E-state index contributed by atoms with van der Waals surface area (Å²) >= 11 is 0. The number of anilines is 2. The van der Waals surface area contributed by atoms with Gasteiger partial charge in [-0.05, 0) is 36.1 Å². The van der Waals surface area contributed by atoms with Crippen molar-refractivity contribution in [3.63, 3.8) is 0 Å². The Hall–Kier alpha value is -2.30. The average molecular weight is 284 g/mol. The molecular formula is C16H20N4O. The van der Waals surface area contributed by atoms with Gasteiger partial charge in [0.2, 0.25) is 11.8 Å². The molecule has 2 N–H and O–H groups in total. The highest BCUT2D eigenvalue weighted by atomic mass is 16.5. The molecule has 0 saturated carbocycles. The fraction of sp³-hybridized carbons (Fsp3) is 0.375. The quantitative estimate of drug-likeness (QED) is 0.873. The minimum atomic E-state index is 0.639. The third kappa shape index (κ3) is 3.07. The maximum Gasteiger partial charge on any atom is 0.228 e. The Bertz CT molecular complexity index is 629. The molecule has 5 nitrogen and oxygen atoms in total. The summed E-state index contributed by atoms with van der Waals surface area (Å²) in [4.78, 5) is 11.0. The van der Waals surface area contributed by atoms with Crippen molar-refractivity contribution in [3.05, 3.63) is 41.6 Å². The van der Waals surface area contributed by atoms with E-state index in [2.05, 4.69) is 27.9 Å². The Labute approximate surface area is 124 Å². The topological polar surface area (TPSA) is 64.3 Å². The molecule has 0 radical (unpaired) electrons. The summed E-state index contributed by atoms with van der Waals surface area (Å²) in [6.07, 6.45) is 3.71. The summed E-state index contributed by atoms with van der Waals surface area (Å²) in [7, 11) is 0. The van der Waals surface area contributed by atoms with Gasteiger partial charge >= 0.3 is 0 Å². The summed E-state index contributed by atoms with van der Waals surface area (Å²) in [6.45, 7) is 4.45. The molecule has 110 valence electrons. The molecular weight excluding hydrogens is 264 g/mol. The average Bonchev–Trinajstić information content (AvgIpc) is 2.52. The van der Waals surface area contributed by atoms with Crippen LogP contribution in [0.5, 0.6) is 5.88 Å². The number of nitrogens with two attached hydrogens (primary N) is 1. The van der Waals surface area contributed by atoms with Crippen LogP contribution in [0.4, 0.5) is 11.6 Å². The number of rotatable bonds is 4. The zero-order valence-electron chi connectivity index (χ0n) is 12.2. The highest BCUT2D eigenvalue weighted by Crippen LogP contribution is 2.24. The van der Waals surface area contributed by atoms with Gasteiger partial charge in [0.05, 0.1) is 6.61 Å². The molecule has 2 heterocycles. The van der Waals surface area contributed by atoms with Gasteiger partial charge in [-0.2, -0.15) is 4.98 Å². The van der Waals surface area contributed by atoms with Gasteiger partial charge in [0, 0.05) is 31.0 Å². The molecule has 1 aromatic heterocycles. The van der Waals surface area contributed by atoms with Crippen molar-refractivity contribution in [3.8, 4) is 5.88 Å². The van der Waals surface area contributed by atoms with E-state index in [1.54, 1.807) is 12.3 Å². The smallest absolute Gasteiger partial charge is 0.228 e. The molecule has 1 aromatic carbocycles. The van der Waals surface area contributed by atoms with Crippen molar-refractivity contribution >= 4 is 11.6 Å². The van der Waals surface area contributed by atoms with E-state index in [0.29, 0.717) is 12.5 Å². The van der Waals surface area contributed by atoms with E-state index in [1.165, 1.54) is 11.1 Å². The van der Waals surface area contributed by atoms with Gasteiger partial charge in [0.15, 0.2) is 0 Å². The van der Waals surface area contributed by atoms with Gasteiger partial charge in [-0.1, -0.05) is 13.0 Å². The number of hydrogen-bond donors (Lipinski definition) is 1. The van der Waals surface area contributed by atoms with Gasteiger partial charge in [-0.15, -0.1) is 0 Å². The number of ether oxygens (including phenoxy) is 1. The first kappa shape index (κ1) is 13.7. The molecule has 21 heavy (non-hydrogen) atoms. The molecule has 3 rings (SSSR count). The predicted octanol–water partition coefficient (Wildman–Crippen LogP) is 2.41. The largest absolute Gasteiger partial charge is 0.478 e. The molecule has 0 spiro atoms. The Morgan fingerprint density at radius 2 is 2.19 bits per heavy atom. The van der Waals surface area contributed by atoms with Crippen LogP contribution < -0.4 is 15.4 Å². The molecule has 0 unspecified atom stereocenters. The first-order valence-corrected chi connectivity index (χ1v) is 7.34. The summed E-state index contributed by atoms with van der Waals surface area (Å²) < 4.78 is 5.58. The molecule has 0 fully saturated rings. The van der Waals surface area contributed by atoms with Crippen molar-refractivity contribution in [2.75, 3.05) is 23.8 Å². The van der Waals surface area contributed by atoms with Crippen LogP contribution >= 0.6 is 0 Å². The molecule has 0 atom stereocenters. The van der Waals surface area contributed by atoms with E-state index in [-0.39, 0.29) is 0 Å². The van der Waals surface area contributed by atoms with Crippen LogP contribution in [0.1, 0.15) is 24.5 Å². The first-order chi connectivity index (χ1) is 10.3. The van der Waals surface area contributed by atoms with Crippen LogP contribution in [0.25, 0.3) is 0 Å². The van der Waals surface area contributed by atoms with Crippen molar-refractivity contribution in [2.24, 2.45) is 0 Å². The lowest BCUT2D eigenvalue weighted by atomic mass is 9.99. The van der Waals surface area contributed by atoms with Gasteiger partial charge in [-0.3, -0.25) is 0 Å². The van der Waals surface area contributed by atoms with E-state index in [0.717, 1.165) is 37.6 Å². The number of nitrogen functional groups attached to an aromatic ring is 1. The zero-order chi connectivity index (χ0) is 14.7. The van der Waals surface area contributed by atoms with Gasteiger partial charge in [0.1, 0.15) is 0 Å². The second kappa shape index (κ2) is 5.99. The van der Waals surface area contributed by atoms with E-state index >= 15 is 0 Å². The second-order valence-electron chi connectivity index (χ2n) is 5.24. The summed E-state index contributed by atoms with van der Waals surface area (Å²) in [5.41, 5.74) is 9.29. The molecule has 0 aliphatic carbocycles. The summed E-state index contributed by atoms with van der Waals surface area (Å²) in [5.74, 6) is 1.36. The molecule has 0 bridgehead atoms. The lowest BCUT2D eigenvalue weighted by Gasteiger charge is -2.29. The zero-order valence-corrected chi connectivity index (χ0v) is 12.2. The minimum Gasteiger partial charge on any atom is -0.478 e. The van der Waals surface area contributed by atoms with Gasteiger partial charge in [0.25, 0.3) is 0 Å². The SMILES string of the molecule is CCCOc1ccnc(N2CCc3ccc(N)cc3C2)n1. The minimum absolute atomic E-state index is 0.639. The van der Waals surface area contributed by atoms with Crippen LogP contribution in [0.15, 0.2) is 30.5 Å². The maximum atomic E-state index is 5.88. The van der Waals surface area contributed by atoms with Gasteiger partial charge in [-0.25, -0.2) is 4.98 Å². The molecule has 1 aliphatic rings. The van der Waals surface area contributed by atoms with Crippen LogP contribution in [-0.2, 0) is 13.0 Å². The number of nitrogens with zero attached hydrogens (tertiary/aromatic N) is 3. The lowest BCUT2D eigenvalue weighted by Crippen LogP contribution is -2.31. The van der Waals surface area contributed by atoms with E-state index in [1.807, 2.05) is 12.1 Å². The Morgan fingerprint density at radius 3 is 3.05 bits per heavy atom. The highest BCUT2D eigenvalue weighted by Gasteiger charge is 2.18. The second-order valence-corrected chi connectivity index (χ2v) is 5.24.